The number of nitrogens with two attached hydrogens (primary N) is 1. The molecule has 1 unspecified atom stereocenters. The first-order valence-corrected chi connectivity index (χ1v) is 5.31. The molecule has 1 aliphatic heterocycles. The highest BCUT2D eigenvalue weighted by Crippen LogP contribution is 2.28. The number of anilines is 1. The van der Waals surface area contributed by atoms with Crippen LogP contribution in [0, 0.1) is 0 Å². The predicted octanol–water partition coefficient (Wildman–Crippen LogP) is 3.01. The summed E-state index contributed by atoms with van der Waals surface area (Å²) in [5.41, 5.74) is 7.73. The molecule has 2 heteroatoms. The Morgan fingerprint density at radius 1 is 1.36 bits per heavy atom. The highest BCUT2D eigenvalue weighted by atomic mass is 16.5. The Labute approximate surface area is 86.1 Å². The average Bonchev–Trinajstić information content (AvgIpc) is 2.21. The third-order valence-electron chi connectivity index (χ3n) is 2.23. The molecule has 0 bridgehead atoms. The minimum absolute atomic E-state index is 0.348. The van der Waals surface area contributed by atoms with E-state index in [2.05, 4.69) is 6.92 Å². The van der Waals surface area contributed by atoms with Crippen LogP contribution in [0.15, 0.2) is 18.2 Å². The maximum atomic E-state index is 5.66. The van der Waals surface area contributed by atoms with E-state index in [1.807, 2.05) is 32.0 Å². The molecule has 0 fully saturated rings. The third kappa shape index (κ3) is 2.41. The molecule has 0 amide bonds. The van der Waals surface area contributed by atoms with Crippen molar-refractivity contribution >= 4 is 5.69 Å². The first-order chi connectivity index (χ1) is 6.75. The summed E-state index contributed by atoms with van der Waals surface area (Å²) in [7, 11) is 0. The standard InChI is InChI=1S/C10H13NO.C2H6/c1-7-2-3-8-6-9(11)4-5-10(8)12-7;1-2/h4-7H,2-3,11H2,1H3;1-2H3. The molecule has 0 spiro atoms. The molecule has 14 heavy (non-hydrogen) atoms. The smallest absolute Gasteiger partial charge is 0.123 e. The van der Waals surface area contributed by atoms with Crippen LogP contribution in [-0.2, 0) is 6.42 Å². The maximum Gasteiger partial charge on any atom is 0.123 e. The second-order valence-electron chi connectivity index (χ2n) is 3.33. The molecule has 2 rings (SSSR count). The minimum Gasteiger partial charge on any atom is -0.490 e. The summed E-state index contributed by atoms with van der Waals surface area (Å²) in [5, 5.41) is 0. The van der Waals surface area contributed by atoms with Gasteiger partial charge in [-0.05, 0) is 43.5 Å². The van der Waals surface area contributed by atoms with Gasteiger partial charge in [-0.2, -0.15) is 0 Å². The van der Waals surface area contributed by atoms with E-state index in [4.69, 9.17) is 10.5 Å². The molecule has 0 aliphatic carbocycles. The van der Waals surface area contributed by atoms with E-state index in [0.717, 1.165) is 24.3 Å². The van der Waals surface area contributed by atoms with E-state index in [1.54, 1.807) is 0 Å². The van der Waals surface area contributed by atoms with Crippen LogP contribution in [-0.4, -0.2) is 6.10 Å². The van der Waals surface area contributed by atoms with Crippen molar-refractivity contribution < 1.29 is 4.74 Å². The van der Waals surface area contributed by atoms with E-state index >= 15 is 0 Å². The van der Waals surface area contributed by atoms with Gasteiger partial charge in [-0.3, -0.25) is 0 Å². The predicted molar refractivity (Wildman–Crippen MR) is 60.6 cm³/mol. The number of benzene rings is 1. The highest BCUT2D eigenvalue weighted by molar-refractivity contribution is 5.48. The van der Waals surface area contributed by atoms with Gasteiger partial charge in [0.1, 0.15) is 5.75 Å². The first-order valence-electron chi connectivity index (χ1n) is 5.31. The van der Waals surface area contributed by atoms with Crippen molar-refractivity contribution in [2.24, 2.45) is 0 Å². The number of aryl methyl sites for hydroxylation is 1. The monoisotopic (exact) mass is 193 g/mol. The van der Waals surface area contributed by atoms with Crippen molar-refractivity contribution in [3.63, 3.8) is 0 Å². The number of nitrogen functional groups attached to an aromatic ring is 1. The Bertz CT molecular complexity index is 296. The zero-order valence-electron chi connectivity index (χ0n) is 9.21. The second kappa shape index (κ2) is 4.89. The van der Waals surface area contributed by atoms with Crippen molar-refractivity contribution in [1.29, 1.82) is 0 Å². The fourth-order valence-electron chi connectivity index (χ4n) is 1.54. The van der Waals surface area contributed by atoms with Gasteiger partial charge < -0.3 is 10.5 Å². The third-order valence-corrected chi connectivity index (χ3v) is 2.23. The van der Waals surface area contributed by atoms with E-state index in [0.29, 0.717) is 6.10 Å². The van der Waals surface area contributed by atoms with Gasteiger partial charge in [0.15, 0.2) is 0 Å². The largest absolute Gasteiger partial charge is 0.490 e. The van der Waals surface area contributed by atoms with Gasteiger partial charge in [0.05, 0.1) is 6.10 Å². The molecule has 78 valence electrons. The molecule has 1 atom stereocenters. The summed E-state index contributed by atoms with van der Waals surface area (Å²) < 4.78 is 5.63. The minimum atomic E-state index is 0.348. The lowest BCUT2D eigenvalue weighted by Gasteiger charge is -2.23. The Hall–Kier alpha value is -1.18. The van der Waals surface area contributed by atoms with Crippen LogP contribution in [0.1, 0.15) is 32.8 Å². The fraction of sp³-hybridized carbons (Fsp3) is 0.500. The maximum absolute atomic E-state index is 5.66. The SMILES string of the molecule is CC.CC1CCc2cc(N)ccc2O1. The Kier molecular flexibility index (Phi) is 3.81. The van der Waals surface area contributed by atoms with E-state index in [1.165, 1.54) is 5.56 Å². The molecule has 1 heterocycles. The Morgan fingerprint density at radius 3 is 2.79 bits per heavy atom. The van der Waals surface area contributed by atoms with Gasteiger partial charge in [0, 0.05) is 5.69 Å². The van der Waals surface area contributed by atoms with Crippen LogP contribution in [0.4, 0.5) is 5.69 Å². The molecule has 2 N–H and O–H groups in total. The number of fused-ring (bicyclic) bond motifs is 1. The lowest BCUT2D eigenvalue weighted by molar-refractivity contribution is 0.192. The van der Waals surface area contributed by atoms with Crippen LogP contribution in [0.5, 0.6) is 5.75 Å². The number of ether oxygens (including phenoxy) is 1. The molecule has 0 aromatic heterocycles. The van der Waals surface area contributed by atoms with Crippen LogP contribution in [0.2, 0.25) is 0 Å². The molecule has 0 radical (unpaired) electrons. The Balaban J connectivity index is 0.000000461. The van der Waals surface area contributed by atoms with Crippen LogP contribution < -0.4 is 10.5 Å². The van der Waals surface area contributed by atoms with Crippen molar-refractivity contribution in [2.75, 3.05) is 5.73 Å². The van der Waals surface area contributed by atoms with E-state index < -0.39 is 0 Å². The summed E-state index contributed by atoms with van der Waals surface area (Å²) in [6, 6.07) is 5.85. The fourth-order valence-corrected chi connectivity index (χ4v) is 1.54. The van der Waals surface area contributed by atoms with Crippen LogP contribution in [0.3, 0.4) is 0 Å². The molecule has 2 nitrogen and oxygen atoms in total. The summed E-state index contributed by atoms with van der Waals surface area (Å²) in [5.74, 6) is 1.00. The molecule has 1 aliphatic rings. The van der Waals surface area contributed by atoms with Gasteiger partial charge in [0.25, 0.3) is 0 Å². The molecular weight excluding hydrogens is 174 g/mol. The lowest BCUT2D eigenvalue weighted by Crippen LogP contribution is -2.18. The van der Waals surface area contributed by atoms with Crippen molar-refractivity contribution in [3.8, 4) is 5.75 Å². The quantitative estimate of drug-likeness (QED) is 0.643. The van der Waals surface area contributed by atoms with Gasteiger partial charge in [0.2, 0.25) is 0 Å². The van der Waals surface area contributed by atoms with Gasteiger partial charge >= 0.3 is 0 Å². The molecule has 0 saturated carbocycles. The van der Waals surface area contributed by atoms with E-state index in [9.17, 15) is 0 Å². The summed E-state index contributed by atoms with van der Waals surface area (Å²) >= 11 is 0. The molecule has 1 aromatic carbocycles. The summed E-state index contributed by atoms with van der Waals surface area (Å²) in [6.45, 7) is 6.10. The summed E-state index contributed by atoms with van der Waals surface area (Å²) in [6.07, 6.45) is 2.53. The second-order valence-corrected chi connectivity index (χ2v) is 3.33. The molecular formula is C12H19NO. The lowest BCUT2D eigenvalue weighted by atomic mass is 10.0. The zero-order valence-corrected chi connectivity index (χ0v) is 9.21. The average molecular weight is 193 g/mol. The van der Waals surface area contributed by atoms with Gasteiger partial charge in [-0.1, -0.05) is 13.8 Å². The van der Waals surface area contributed by atoms with Crippen LogP contribution >= 0.6 is 0 Å². The van der Waals surface area contributed by atoms with Crippen LogP contribution in [0.25, 0.3) is 0 Å². The van der Waals surface area contributed by atoms with Gasteiger partial charge in [-0.15, -0.1) is 0 Å². The number of rotatable bonds is 0. The zero-order chi connectivity index (χ0) is 10.6. The Morgan fingerprint density at radius 2 is 2.07 bits per heavy atom. The normalized spacial score (nSPS) is 18.6. The first kappa shape index (κ1) is 10.9. The van der Waals surface area contributed by atoms with E-state index in [-0.39, 0.29) is 0 Å². The van der Waals surface area contributed by atoms with Crippen molar-refractivity contribution in [2.45, 2.75) is 39.7 Å². The molecule has 1 aromatic rings. The topological polar surface area (TPSA) is 35.2 Å². The number of hydrogen-bond donors (Lipinski definition) is 1. The van der Waals surface area contributed by atoms with Crippen molar-refractivity contribution in [1.82, 2.24) is 0 Å². The highest BCUT2D eigenvalue weighted by Gasteiger charge is 2.15. The van der Waals surface area contributed by atoms with Gasteiger partial charge in [-0.25, -0.2) is 0 Å². The summed E-state index contributed by atoms with van der Waals surface area (Å²) in [4.78, 5) is 0. The van der Waals surface area contributed by atoms with Crippen molar-refractivity contribution in [3.05, 3.63) is 23.8 Å². The molecule has 0 saturated heterocycles. The number of hydrogen-bond acceptors (Lipinski definition) is 2.